The average molecular weight is 902 g/mol. The first-order valence-corrected chi connectivity index (χ1v) is 22.5. The lowest BCUT2D eigenvalue weighted by Crippen LogP contribution is -2.27. The molecule has 3 aliphatic carbocycles. The van der Waals surface area contributed by atoms with Gasteiger partial charge in [-0.1, -0.05) is 141 Å². The van der Waals surface area contributed by atoms with Gasteiger partial charge in [0.1, 0.15) is 11.2 Å². The lowest BCUT2D eigenvalue weighted by atomic mass is 9.70. The zero-order chi connectivity index (χ0) is 46.5. The van der Waals surface area contributed by atoms with Gasteiger partial charge in [0.05, 0.1) is 22.2 Å². The van der Waals surface area contributed by atoms with Gasteiger partial charge in [-0.2, -0.15) is 26.3 Å². The van der Waals surface area contributed by atoms with Crippen LogP contribution < -0.4 is 4.90 Å². The SMILES string of the molecule is CC1(C)c2ccccc2-c2ccc(N(c3ccc(-c4cccc5oc6ccccc6c45)cc3)c3cc(C(F)(F)F)cc4c3-c3ccc(C(F)(F)F)cc3C43c4ccccc4-c4ccccc43)cc21. The van der Waals surface area contributed by atoms with Crippen LogP contribution in [0.3, 0.4) is 0 Å². The van der Waals surface area contributed by atoms with Gasteiger partial charge in [0.15, 0.2) is 0 Å². The summed E-state index contributed by atoms with van der Waals surface area (Å²) in [5, 5.41) is 1.91. The second-order valence-corrected chi connectivity index (χ2v) is 18.6. The van der Waals surface area contributed by atoms with Gasteiger partial charge in [0.25, 0.3) is 0 Å². The predicted octanol–water partition coefficient (Wildman–Crippen LogP) is 17.4. The fourth-order valence-corrected chi connectivity index (χ4v) is 11.8. The largest absolute Gasteiger partial charge is 0.456 e. The molecule has 0 bridgehead atoms. The zero-order valence-electron chi connectivity index (χ0n) is 36.5. The van der Waals surface area contributed by atoms with Gasteiger partial charge < -0.3 is 9.32 Å². The van der Waals surface area contributed by atoms with Crippen molar-refractivity contribution in [1.82, 2.24) is 0 Å². The van der Waals surface area contributed by atoms with Crippen molar-refractivity contribution in [2.24, 2.45) is 0 Å². The minimum atomic E-state index is -4.84. The summed E-state index contributed by atoms with van der Waals surface area (Å²) in [4.78, 5) is 1.86. The molecule has 2 nitrogen and oxygen atoms in total. The number of para-hydroxylation sites is 1. The lowest BCUT2D eigenvalue weighted by molar-refractivity contribution is -0.138. The Bertz CT molecular complexity index is 3720. The molecule has 0 unspecified atom stereocenters. The minimum Gasteiger partial charge on any atom is -0.456 e. The van der Waals surface area contributed by atoms with Gasteiger partial charge in [-0.25, -0.2) is 0 Å². The van der Waals surface area contributed by atoms with E-state index in [4.69, 9.17) is 4.42 Å². The van der Waals surface area contributed by atoms with Crippen LogP contribution in [0.1, 0.15) is 58.4 Å². The van der Waals surface area contributed by atoms with Crippen LogP contribution in [0, 0.1) is 0 Å². The van der Waals surface area contributed by atoms with E-state index in [1.807, 2.05) is 132 Å². The molecule has 13 rings (SSSR count). The van der Waals surface area contributed by atoms with Crippen LogP contribution >= 0.6 is 0 Å². The number of alkyl halides is 6. The molecule has 0 saturated carbocycles. The Kier molecular flexibility index (Phi) is 8.24. The first-order valence-electron chi connectivity index (χ1n) is 22.5. The van der Waals surface area contributed by atoms with E-state index in [-0.39, 0.29) is 16.8 Å². The van der Waals surface area contributed by atoms with Crippen LogP contribution in [0.25, 0.3) is 66.4 Å². The number of hydrogen-bond donors (Lipinski definition) is 0. The second kappa shape index (κ2) is 13.9. The number of benzene rings is 9. The number of hydrogen-bond acceptors (Lipinski definition) is 2. The van der Waals surface area contributed by atoms with Crippen LogP contribution in [0.4, 0.5) is 43.4 Å². The standard InChI is InChI=1S/C60H37F6NO/c1-57(2)46-17-7-3-12-40(46)43-29-27-38(33-49(43)57)67(37-25-22-34(23-26-37)39-16-11-21-54-55(39)45-15-6-10-20-53(45)68-54)52-32-36(60(64,65)66)31-51-56(52)44-28-24-35(59(61,62)63)30-50(44)58(51)47-18-8-4-13-41(47)42-14-5-9-19-48(42)58/h3-33H,1-2H3. The minimum absolute atomic E-state index is 0.193. The summed E-state index contributed by atoms with van der Waals surface area (Å²) in [5.41, 5.74) is 9.30. The van der Waals surface area contributed by atoms with Gasteiger partial charge in [-0.05, 0) is 133 Å². The Morgan fingerprint density at radius 2 is 0.956 bits per heavy atom. The van der Waals surface area contributed by atoms with Crippen LogP contribution in [-0.4, -0.2) is 0 Å². The molecule has 8 heteroatoms. The Morgan fingerprint density at radius 3 is 1.65 bits per heavy atom. The third-order valence-electron chi connectivity index (χ3n) is 14.7. The summed E-state index contributed by atoms with van der Waals surface area (Å²) in [6, 6.07) is 56.5. The molecule has 0 radical (unpaired) electrons. The predicted molar refractivity (Wildman–Crippen MR) is 258 cm³/mol. The summed E-state index contributed by atoms with van der Waals surface area (Å²) in [6.45, 7) is 4.30. The summed E-state index contributed by atoms with van der Waals surface area (Å²) < 4.78 is 98.5. The smallest absolute Gasteiger partial charge is 0.416 e. The van der Waals surface area contributed by atoms with E-state index in [1.165, 1.54) is 18.2 Å². The zero-order valence-corrected chi connectivity index (χ0v) is 36.5. The quantitative estimate of drug-likeness (QED) is 0.164. The number of fused-ring (bicyclic) bond motifs is 16. The number of furan rings is 1. The molecule has 1 aromatic heterocycles. The molecule has 1 spiro atoms. The Morgan fingerprint density at radius 1 is 0.412 bits per heavy atom. The molecule has 0 atom stereocenters. The lowest BCUT2D eigenvalue weighted by Gasteiger charge is -2.33. The Balaban J connectivity index is 1.12. The molecule has 3 aliphatic rings. The highest BCUT2D eigenvalue weighted by atomic mass is 19.4. The molecule has 0 aliphatic heterocycles. The summed E-state index contributed by atoms with van der Waals surface area (Å²) >= 11 is 0. The maximum atomic E-state index is 15.8. The molecule has 0 amide bonds. The van der Waals surface area contributed by atoms with Gasteiger partial charge in [-0.3, -0.25) is 0 Å². The van der Waals surface area contributed by atoms with Crippen molar-refractivity contribution in [2.45, 2.75) is 37.0 Å². The van der Waals surface area contributed by atoms with Crippen molar-refractivity contribution in [1.29, 1.82) is 0 Å². The molecule has 1 heterocycles. The Labute approximate surface area is 387 Å². The van der Waals surface area contributed by atoms with E-state index in [1.54, 1.807) is 12.1 Å². The van der Waals surface area contributed by atoms with Gasteiger partial charge >= 0.3 is 12.4 Å². The third kappa shape index (κ3) is 5.48. The highest BCUT2D eigenvalue weighted by molar-refractivity contribution is 6.12. The van der Waals surface area contributed by atoms with Gasteiger partial charge in [-0.15, -0.1) is 0 Å². The van der Waals surface area contributed by atoms with Crippen molar-refractivity contribution >= 4 is 39.0 Å². The topological polar surface area (TPSA) is 16.4 Å². The van der Waals surface area contributed by atoms with Crippen LogP contribution in [0.5, 0.6) is 0 Å². The Hall–Kier alpha value is -7.84. The van der Waals surface area contributed by atoms with E-state index < -0.39 is 34.3 Å². The molecule has 10 aromatic rings. The van der Waals surface area contributed by atoms with Crippen molar-refractivity contribution in [3.63, 3.8) is 0 Å². The fourth-order valence-electron chi connectivity index (χ4n) is 11.8. The molecule has 0 fully saturated rings. The fraction of sp³-hybridized carbons (Fsp3) is 0.100. The molecule has 330 valence electrons. The molecule has 0 saturated heterocycles. The van der Waals surface area contributed by atoms with Crippen LogP contribution in [-0.2, 0) is 23.2 Å². The summed E-state index contributed by atoms with van der Waals surface area (Å²) in [6.07, 6.45) is -9.56. The van der Waals surface area contributed by atoms with Crippen molar-refractivity contribution in [2.75, 3.05) is 4.90 Å². The average Bonchev–Trinajstić information content (AvgIpc) is 4.03. The maximum Gasteiger partial charge on any atom is 0.416 e. The van der Waals surface area contributed by atoms with Crippen molar-refractivity contribution < 1.29 is 30.8 Å². The van der Waals surface area contributed by atoms with Gasteiger partial charge in [0.2, 0.25) is 0 Å². The van der Waals surface area contributed by atoms with Crippen molar-refractivity contribution in [3.05, 3.63) is 233 Å². The van der Waals surface area contributed by atoms with E-state index >= 15 is 13.2 Å². The summed E-state index contributed by atoms with van der Waals surface area (Å²) in [7, 11) is 0. The van der Waals surface area contributed by atoms with E-state index in [0.29, 0.717) is 33.6 Å². The molecule has 0 N–H and O–H groups in total. The number of rotatable bonds is 4. The van der Waals surface area contributed by atoms with E-state index in [9.17, 15) is 13.2 Å². The monoisotopic (exact) mass is 901 g/mol. The summed E-state index contributed by atoms with van der Waals surface area (Å²) in [5.74, 6) is 0. The van der Waals surface area contributed by atoms with Crippen molar-refractivity contribution in [3.8, 4) is 44.5 Å². The highest BCUT2D eigenvalue weighted by Crippen LogP contribution is 2.66. The normalized spacial score (nSPS) is 14.7. The first kappa shape index (κ1) is 40.4. The maximum absolute atomic E-state index is 15.8. The molecular weight excluding hydrogens is 865 g/mol. The number of anilines is 3. The number of nitrogens with zero attached hydrogens (tertiary/aromatic N) is 1. The van der Waals surface area contributed by atoms with E-state index in [0.717, 1.165) is 78.6 Å². The molecular formula is C60H37F6NO. The second-order valence-electron chi connectivity index (χ2n) is 18.6. The van der Waals surface area contributed by atoms with E-state index in [2.05, 4.69) is 32.0 Å². The van der Waals surface area contributed by atoms with Crippen LogP contribution in [0.15, 0.2) is 192 Å². The third-order valence-corrected chi connectivity index (χ3v) is 14.7. The van der Waals surface area contributed by atoms with Gasteiger partial charge in [0, 0.05) is 33.1 Å². The number of halogens is 6. The molecule has 68 heavy (non-hydrogen) atoms. The first-order chi connectivity index (χ1) is 32.7. The van der Waals surface area contributed by atoms with Crippen LogP contribution in [0.2, 0.25) is 0 Å². The highest BCUT2D eigenvalue weighted by Gasteiger charge is 2.54. The molecule has 9 aromatic carbocycles.